The number of allylic oxidation sites excluding steroid dienone is 1. The highest BCUT2D eigenvalue weighted by molar-refractivity contribution is 5.69. The van der Waals surface area contributed by atoms with Crippen molar-refractivity contribution in [2.24, 2.45) is 11.5 Å². The van der Waals surface area contributed by atoms with Crippen LogP contribution in [0.3, 0.4) is 0 Å². The SMILES string of the molecule is CC=CF.NC(N)=O. The maximum Gasteiger partial charge on any atom is 0.309 e. The number of nitrogens with two attached hydrogens (primary N) is 2. The van der Waals surface area contributed by atoms with Crippen molar-refractivity contribution in [3.8, 4) is 0 Å². The Hall–Kier alpha value is -1.06. The molecule has 0 saturated carbocycles. The normalized spacial score (nSPS) is 7.75. The first-order valence-corrected chi connectivity index (χ1v) is 1.91. The Morgan fingerprint density at radius 1 is 1.62 bits per heavy atom. The summed E-state index contributed by atoms with van der Waals surface area (Å²) in [7, 11) is 0. The van der Waals surface area contributed by atoms with Gasteiger partial charge in [0.2, 0.25) is 0 Å². The Balaban J connectivity index is 0. The highest BCUT2D eigenvalue weighted by Gasteiger charge is 1.60. The van der Waals surface area contributed by atoms with Gasteiger partial charge in [0, 0.05) is 0 Å². The fourth-order valence-electron chi connectivity index (χ4n) is 0. The Kier molecular flexibility index (Phi) is 11.7. The van der Waals surface area contributed by atoms with E-state index in [-0.39, 0.29) is 0 Å². The Labute approximate surface area is 47.2 Å². The van der Waals surface area contributed by atoms with Crippen molar-refractivity contribution in [2.45, 2.75) is 6.92 Å². The highest BCUT2D eigenvalue weighted by Crippen LogP contribution is 1.62. The zero-order valence-electron chi connectivity index (χ0n) is 4.60. The number of primary amides is 2. The van der Waals surface area contributed by atoms with Crippen LogP contribution in [0.4, 0.5) is 9.18 Å². The summed E-state index contributed by atoms with van der Waals surface area (Å²) >= 11 is 0. The maximum atomic E-state index is 10.5. The molecule has 0 saturated heterocycles. The van der Waals surface area contributed by atoms with Gasteiger partial charge in [-0.1, -0.05) is 6.08 Å². The lowest BCUT2D eigenvalue weighted by Gasteiger charge is -1.62. The third-order valence-corrected chi connectivity index (χ3v) is 0.126. The van der Waals surface area contributed by atoms with Crippen LogP contribution >= 0.6 is 0 Å². The van der Waals surface area contributed by atoms with Crippen LogP contribution in [0.15, 0.2) is 12.4 Å². The summed E-state index contributed by atoms with van der Waals surface area (Å²) in [6.45, 7) is 1.62. The first-order chi connectivity index (χ1) is 3.65. The second kappa shape index (κ2) is 9.34. The third-order valence-electron chi connectivity index (χ3n) is 0.126. The first kappa shape index (κ1) is 10.0. The van der Waals surface area contributed by atoms with Gasteiger partial charge < -0.3 is 11.5 Å². The van der Waals surface area contributed by atoms with Gasteiger partial charge in [0.15, 0.2) is 0 Å². The molecule has 0 bridgehead atoms. The molecule has 0 unspecified atom stereocenters. The zero-order valence-corrected chi connectivity index (χ0v) is 4.60. The molecule has 0 aliphatic rings. The number of hydrogen-bond donors (Lipinski definition) is 2. The molecule has 0 aliphatic carbocycles. The van der Waals surface area contributed by atoms with E-state index in [0.717, 1.165) is 0 Å². The Morgan fingerprint density at radius 3 is 1.75 bits per heavy atom. The first-order valence-electron chi connectivity index (χ1n) is 1.91. The van der Waals surface area contributed by atoms with Crippen molar-refractivity contribution in [1.29, 1.82) is 0 Å². The van der Waals surface area contributed by atoms with Gasteiger partial charge in [-0.2, -0.15) is 0 Å². The largest absolute Gasteiger partial charge is 0.352 e. The molecule has 0 heterocycles. The van der Waals surface area contributed by atoms with Gasteiger partial charge in [-0.3, -0.25) is 0 Å². The van der Waals surface area contributed by atoms with Crippen molar-refractivity contribution in [2.75, 3.05) is 0 Å². The van der Waals surface area contributed by atoms with Gasteiger partial charge >= 0.3 is 6.03 Å². The zero-order chi connectivity index (χ0) is 6.99. The molecule has 0 fully saturated rings. The summed E-state index contributed by atoms with van der Waals surface area (Å²) < 4.78 is 10.5. The van der Waals surface area contributed by atoms with E-state index in [1.165, 1.54) is 6.08 Å². The van der Waals surface area contributed by atoms with E-state index < -0.39 is 6.03 Å². The smallest absolute Gasteiger partial charge is 0.309 e. The van der Waals surface area contributed by atoms with Gasteiger partial charge in [-0.15, -0.1) is 0 Å². The van der Waals surface area contributed by atoms with Crippen molar-refractivity contribution < 1.29 is 9.18 Å². The summed E-state index contributed by atoms with van der Waals surface area (Å²) in [5.74, 6) is 0. The van der Waals surface area contributed by atoms with E-state index in [1.54, 1.807) is 6.92 Å². The minimum absolute atomic E-state index is 0.500. The van der Waals surface area contributed by atoms with Gasteiger partial charge in [0.05, 0.1) is 6.33 Å². The number of carbonyl (C=O) groups excluding carboxylic acids is 1. The summed E-state index contributed by atoms with van der Waals surface area (Å²) in [5.41, 5.74) is 8.50. The topological polar surface area (TPSA) is 69.1 Å². The van der Waals surface area contributed by atoms with E-state index in [9.17, 15) is 4.39 Å². The van der Waals surface area contributed by atoms with Crippen LogP contribution in [0, 0.1) is 0 Å². The monoisotopic (exact) mass is 120 g/mol. The molecule has 0 radical (unpaired) electrons. The average molecular weight is 120 g/mol. The number of urea groups is 1. The standard InChI is InChI=1S/C3H5F.CH4N2O/c1-2-3-4;2-1(3)4/h2-3H,1H3;(H4,2,3,4). The fourth-order valence-corrected chi connectivity index (χ4v) is 0. The van der Waals surface area contributed by atoms with E-state index >= 15 is 0 Å². The van der Waals surface area contributed by atoms with Crippen LogP contribution in [0.2, 0.25) is 0 Å². The minimum atomic E-state index is -0.833. The summed E-state index contributed by atoms with van der Waals surface area (Å²) in [4.78, 5) is 9.00. The van der Waals surface area contributed by atoms with Crippen molar-refractivity contribution >= 4 is 6.03 Å². The van der Waals surface area contributed by atoms with Gasteiger partial charge in [-0.25, -0.2) is 9.18 Å². The third kappa shape index (κ3) is 21300. The molecule has 0 aliphatic heterocycles. The summed E-state index contributed by atoms with van der Waals surface area (Å²) in [5, 5.41) is 0. The number of amides is 2. The van der Waals surface area contributed by atoms with E-state index in [4.69, 9.17) is 4.79 Å². The van der Waals surface area contributed by atoms with Crippen LogP contribution < -0.4 is 11.5 Å². The van der Waals surface area contributed by atoms with Gasteiger partial charge in [0.1, 0.15) is 0 Å². The van der Waals surface area contributed by atoms with Crippen LogP contribution in [-0.2, 0) is 0 Å². The van der Waals surface area contributed by atoms with E-state index in [2.05, 4.69) is 11.5 Å². The van der Waals surface area contributed by atoms with Gasteiger partial charge in [-0.05, 0) is 6.92 Å². The lowest BCUT2D eigenvalue weighted by atomic mass is 10.8. The molecule has 0 spiro atoms. The summed E-state index contributed by atoms with van der Waals surface area (Å²) in [6.07, 6.45) is 1.83. The van der Waals surface area contributed by atoms with Crippen LogP contribution in [0.25, 0.3) is 0 Å². The highest BCUT2D eigenvalue weighted by atomic mass is 19.1. The molecule has 8 heavy (non-hydrogen) atoms. The van der Waals surface area contributed by atoms with Crippen molar-refractivity contribution in [3.05, 3.63) is 12.4 Å². The van der Waals surface area contributed by atoms with Gasteiger partial charge in [0.25, 0.3) is 0 Å². The molecule has 2 amide bonds. The molecule has 3 nitrogen and oxygen atoms in total. The quantitative estimate of drug-likeness (QED) is 0.480. The lowest BCUT2D eigenvalue weighted by Crippen LogP contribution is -2.18. The molecule has 0 aromatic heterocycles. The molecule has 0 atom stereocenters. The second-order valence-electron chi connectivity index (χ2n) is 0.862. The van der Waals surface area contributed by atoms with Crippen LogP contribution in [0.5, 0.6) is 0 Å². The van der Waals surface area contributed by atoms with Crippen LogP contribution in [-0.4, -0.2) is 6.03 Å². The van der Waals surface area contributed by atoms with E-state index in [1.807, 2.05) is 0 Å². The van der Waals surface area contributed by atoms with Crippen molar-refractivity contribution in [3.63, 3.8) is 0 Å². The molecule has 48 valence electrons. The summed E-state index contributed by atoms with van der Waals surface area (Å²) in [6, 6.07) is -0.833. The Bertz CT molecular complexity index is 74.1. The lowest BCUT2D eigenvalue weighted by molar-refractivity contribution is 0.256. The average Bonchev–Trinajstić information content (AvgIpc) is 1.65. The molecule has 0 rings (SSSR count). The van der Waals surface area contributed by atoms with Crippen molar-refractivity contribution in [1.82, 2.24) is 0 Å². The minimum Gasteiger partial charge on any atom is -0.352 e. The maximum absolute atomic E-state index is 10.5. The molecule has 4 heteroatoms. The molecule has 4 N–H and O–H groups in total. The second-order valence-corrected chi connectivity index (χ2v) is 0.862. The van der Waals surface area contributed by atoms with E-state index in [0.29, 0.717) is 6.33 Å². The number of carbonyl (C=O) groups is 1. The molecular weight excluding hydrogens is 111 g/mol. The predicted molar refractivity (Wildman–Crippen MR) is 29.7 cm³/mol. The molecule has 0 aromatic carbocycles. The number of rotatable bonds is 0. The number of halogens is 1. The molecular formula is C4H9FN2O. The number of hydrogen-bond acceptors (Lipinski definition) is 1. The fraction of sp³-hybridized carbons (Fsp3) is 0.250. The van der Waals surface area contributed by atoms with Crippen LogP contribution in [0.1, 0.15) is 6.92 Å². The molecule has 0 aromatic rings. The predicted octanol–water partition coefficient (Wildman–Crippen LogP) is 0.513. The Morgan fingerprint density at radius 2 is 1.75 bits per heavy atom.